The van der Waals surface area contributed by atoms with Crippen LogP contribution in [0.1, 0.15) is 30.2 Å². The van der Waals surface area contributed by atoms with Crippen molar-refractivity contribution >= 4 is 17.6 Å². The number of aryl methyl sites for hydroxylation is 1. The van der Waals surface area contributed by atoms with E-state index in [2.05, 4.69) is 16.0 Å². The Balaban J connectivity index is 1.88. The minimum Gasteiger partial charge on any atom is -0.466 e. The molecule has 0 radical (unpaired) electrons. The first-order valence-electron chi connectivity index (χ1n) is 9.48. The van der Waals surface area contributed by atoms with Crippen LogP contribution < -0.4 is 4.90 Å². The van der Waals surface area contributed by atoms with E-state index in [9.17, 15) is 4.79 Å². The van der Waals surface area contributed by atoms with Gasteiger partial charge in [-0.05, 0) is 42.8 Å². The summed E-state index contributed by atoms with van der Waals surface area (Å²) in [5.41, 5.74) is 3.36. The fraction of sp³-hybridized carbons (Fsp3) is 0.217. The van der Waals surface area contributed by atoms with Gasteiger partial charge in [0.2, 0.25) is 5.95 Å². The van der Waals surface area contributed by atoms with Crippen molar-refractivity contribution in [2.45, 2.75) is 26.3 Å². The molecule has 0 fully saturated rings. The maximum atomic E-state index is 11.7. The monoisotopic (exact) mass is 386 g/mol. The van der Waals surface area contributed by atoms with Crippen molar-refractivity contribution in [3.63, 3.8) is 0 Å². The lowest BCUT2D eigenvalue weighted by molar-refractivity contribution is -0.143. The van der Waals surface area contributed by atoms with Gasteiger partial charge in [0, 0.05) is 24.0 Å². The van der Waals surface area contributed by atoms with Gasteiger partial charge in [-0.1, -0.05) is 30.3 Å². The standard InChI is InChI=1S/C23H22N4O2/c1-2-29-22(28)13-10-20-14-15-25-23(26-20)27(17-19-6-4-3-5-7-19)21-11-8-18(16-24)9-12-21/h3-9,11-12,14-15H,2,10,13,17H2,1H3. The van der Waals surface area contributed by atoms with Crippen molar-refractivity contribution in [1.82, 2.24) is 9.97 Å². The molecular formula is C23H22N4O2. The van der Waals surface area contributed by atoms with E-state index in [4.69, 9.17) is 10.00 Å². The molecule has 0 aliphatic rings. The molecule has 146 valence electrons. The number of benzene rings is 2. The van der Waals surface area contributed by atoms with Gasteiger partial charge in [-0.3, -0.25) is 4.79 Å². The van der Waals surface area contributed by atoms with Gasteiger partial charge in [-0.2, -0.15) is 5.26 Å². The third-order valence-electron chi connectivity index (χ3n) is 4.32. The van der Waals surface area contributed by atoms with E-state index in [0.717, 1.165) is 16.9 Å². The highest BCUT2D eigenvalue weighted by Gasteiger charge is 2.14. The fourth-order valence-corrected chi connectivity index (χ4v) is 2.88. The Labute approximate surface area is 170 Å². The zero-order chi connectivity index (χ0) is 20.5. The lowest BCUT2D eigenvalue weighted by atomic mass is 10.1. The first-order chi connectivity index (χ1) is 14.2. The quantitative estimate of drug-likeness (QED) is 0.540. The van der Waals surface area contributed by atoms with E-state index < -0.39 is 0 Å². The number of esters is 1. The number of ether oxygens (including phenoxy) is 1. The van der Waals surface area contributed by atoms with Crippen LogP contribution in [0.2, 0.25) is 0 Å². The lowest BCUT2D eigenvalue weighted by Gasteiger charge is -2.23. The molecule has 6 heteroatoms. The summed E-state index contributed by atoms with van der Waals surface area (Å²) >= 11 is 0. The van der Waals surface area contributed by atoms with Crippen molar-refractivity contribution in [2.75, 3.05) is 11.5 Å². The fourth-order valence-electron chi connectivity index (χ4n) is 2.88. The Morgan fingerprint density at radius 3 is 2.55 bits per heavy atom. The van der Waals surface area contributed by atoms with Gasteiger partial charge in [0.1, 0.15) is 0 Å². The zero-order valence-electron chi connectivity index (χ0n) is 16.3. The summed E-state index contributed by atoms with van der Waals surface area (Å²) in [6, 6.07) is 21.3. The van der Waals surface area contributed by atoms with E-state index in [-0.39, 0.29) is 12.4 Å². The van der Waals surface area contributed by atoms with E-state index in [0.29, 0.717) is 31.1 Å². The molecule has 0 N–H and O–H groups in total. The molecule has 0 spiro atoms. The molecule has 0 saturated carbocycles. The summed E-state index contributed by atoms with van der Waals surface area (Å²) in [5, 5.41) is 9.07. The first-order valence-corrected chi connectivity index (χ1v) is 9.48. The minimum absolute atomic E-state index is 0.235. The van der Waals surface area contributed by atoms with E-state index in [1.165, 1.54) is 0 Å². The van der Waals surface area contributed by atoms with Crippen LogP contribution in [0.4, 0.5) is 11.6 Å². The Morgan fingerprint density at radius 2 is 1.86 bits per heavy atom. The summed E-state index contributed by atoms with van der Waals surface area (Å²) in [6.45, 7) is 2.74. The average molecular weight is 386 g/mol. The van der Waals surface area contributed by atoms with Gasteiger partial charge in [0.25, 0.3) is 0 Å². The molecule has 0 bridgehead atoms. The van der Waals surface area contributed by atoms with Gasteiger partial charge in [0.05, 0.1) is 31.2 Å². The van der Waals surface area contributed by atoms with Crippen LogP contribution in [0.15, 0.2) is 66.9 Å². The molecule has 0 saturated heterocycles. The smallest absolute Gasteiger partial charge is 0.306 e. The molecule has 3 rings (SSSR count). The number of carbonyl (C=O) groups excluding carboxylic acids is 1. The molecule has 0 unspecified atom stereocenters. The number of hydrogen-bond donors (Lipinski definition) is 0. The number of aromatic nitrogens is 2. The largest absolute Gasteiger partial charge is 0.466 e. The summed E-state index contributed by atoms with van der Waals surface area (Å²) in [6.07, 6.45) is 2.46. The van der Waals surface area contributed by atoms with Gasteiger partial charge in [-0.15, -0.1) is 0 Å². The maximum Gasteiger partial charge on any atom is 0.306 e. The molecule has 6 nitrogen and oxygen atoms in total. The molecule has 0 aliphatic heterocycles. The molecule has 1 aromatic heterocycles. The number of hydrogen-bond acceptors (Lipinski definition) is 6. The molecule has 0 aliphatic carbocycles. The maximum absolute atomic E-state index is 11.7. The van der Waals surface area contributed by atoms with Gasteiger partial charge < -0.3 is 9.64 Å². The Morgan fingerprint density at radius 1 is 1.10 bits per heavy atom. The van der Waals surface area contributed by atoms with Crippen LogP contribution in [0.3, 0.4) is 0 Å². The van der Waals surface area contributed by atoms with E-state index >= 15 is 0 Å². The lowest BCUT2D eigenvalue weighted by Crippen LogP contribution is -2.19. The van der Waals surface area contributed by atoms with Gasteiger partial charge in [0.15, 0.2) is 0 Å². The van der Waals surface area contributed by atoms with Crippen LogP contribution in [0.25, 0.3) is 0 Å². The second-order valence-corrected chi connectivity index (χ2v) is 6.38. The second-order valence-electron chi connectivity index (χ2n) is 6.38. The number of rotatable bonds is 8. The molecule has 3 aromatic rings. The molecule has 2 aromatic carbocycles. The van der Waals surface area contributed by atoms with Crippen LogP contribution in [-0.2, 0) is 22.5 Å². The van der Waals surface area contributed by atoms with Crippen LogP contribution in [-0.4, -0.2) is 22.5 Å². The predicted molar refractivity (Wildman–Crippen MR) is 110 cm³/mol. The van der Waals surface area contributed by atoms with Crippen LogP contribution >= 0.6 is 0 Å². The summed E-state index contributed by atoms with van der Waals surface area (Å²) < 4.78 is 4.99. The highest BCUT2D eigenvalue weighted by Crippen LogP contribution is 2.25. The highest BCUT2D eigenvalue weighted by atomic mass is 16.5. The molecule has 0 atom stereocenters. The summed E-state index contributed by atoms with van der Waals surface area (Å²) in [5.74, 6) is 0.306. The van der Waals surface area contributed by atoms with Crippen LogP contribution in [0, 0.1) is 11.3 Å². The summed E-state index contributed by atoms with van der Waals surface area (Å²) in [4.78, 5) is 22.8. The Bertz CT molecular complexity index is 982. The van der Waals surface area contributed by atoms with Gasteiger partial charge >= 0.3 is 5.97 Å². The number of anilines is 2. The summed E-state index contributed by atoms with van der Waals surface area (Å²) in [7, 11) is 0. The Kier molecular flexibility index (Phi) is 6.90. The molecule has 0 amide bonds. The molecule has 29 heavy (non-hydrogen) atoms. The van der Waals surface area contributed by atoms with Gasteiger partial charge in [-0.25, -0.2) is 9.97 Å². The minimum atomic E-state index is -0.235. The third kappa shape index (κ3) is 5.63. The van der Waals surface area contributed by atoms with Crippen molar-refractivity contribution in [1.29, 1.82) is 5.26 Å². The van der Waals surface area contributed by atoms with Crippen LogP contribution in [0.5, 0.6) is 0 Å². The van der Waals surface area contributed by atoms with Crippen molar-refractivity contribution in [2.24, 2.45) is 0 Å². The first kappa shape index (κ1) is 20.0. The van der Waals surface area contributed by atoms with Crippen molar-refractivity contribution in [3.8, 4) is 6.07 Å². The normalized spacial score (nSPS) is 10.2. The van der Waals surface area contributed by atoms with E-state index in [1.54, 1.807) is 25.3 Å². The third-order valence-corrected chi connectivity index (χ3v) is 4.32. The molecular weight excluding hydrogens is 364 g/mol. The van der Waals surface area contributed by atoms with Crippen molar-refractivity contribution < 1.29 is 9.53 Å². The topological polar surface area (TPSA) is 79.1 Å². The number of nitriles is 1. The molecule has 1 heterocycles. The van der Waals surface area contributed by atoms with E-state index in [1.807, 2.05) is 53.4 Å². The van der Waals surface area contributed by atoms with Crippen molar-refractivity contribution in [3.05, 3.63) is 83.7 Å². The predicted octanol–water partition coefficient (Wildman–Crippen LogP) is 4.18. The SMILES string of the molecule is CCOC(=O)CCc1ccnc(N(Cc2ccccc2)c2ccc(C#N)cc2)n1. The highest BCUT2D eigenvalue weighted by molar-refractivity contribution is 5.69. The number of nitrogens with zero attached hydrogens (tertiary/aromatic N) is 4. The second kappa shape index (κ2) is 10.00. The zero-order valence-corrected chi connectivity index (χ0v) is 16.3. The Hall–Kier alpha value is -3.72. The average Bonchev–Trinajstić information content (AvgIpc) is 2.77. The number of carbonyl (C=O) groups is 1.